The highest BCUT2D eigenvalue weighted by atomic mass is 28.4. The van der Waals surface area contributed by atoms with Gasteiger partial charge in [-0.25, -0.2) is 0 Å². The highest BCUT2D eigenvalue weighted by Crippen LogP contribution is 2.19. The van der Waals surface area contributed by atoms with Crippen molar-refractivity contribution in [3.63, 3.8) is 0 Å². The van der Waals surface area contributed by atoms with E-state index in [1.165, 1.54) is 25.8 Å². The van der Waals surface area contributed by atoms with Gasteiger partial charge < -0.3 is 18.2 Å². The Labute approximate surface area is 107 Å². The van der Waals surface area contributed by atoms with Crippen molar-refractivity contribution in [2.75, 3.05) is 34.4 Å². The largest absolute Gasteiger partial charge is 0.500 e. The van der Waals surface area contributed by atoms with Crippen LogP contribution in [0.1, 0.15) is 32.6 Å². The van der Waals surface area contributed by atoms with Gasteiger partial charge in [0.2, 0.25) is 0 Å². The van der Waals surface area contributed by atoms with Crippen molar-refractivity contribution in [3.8, 4) is 0 Å². The highest BCUT2D eigenvalue weighted by Gasteiger charge is 2.37. The quantitative estimate of drug-likeness (QED) is 0.657. The fourth-order valence-corrected chi connectivity index (χ4v) is 4.25. The first kappa shape index (κ1) is 15.1. The normalized spacial score (nSPS) is 22.9. The summed E-state index contributed by atoms with van der Waals surface area (Å²) in [6.07, 6.45) is 5.14. The van der Waals surface area contributed by atoms with Crippen molar-refractivity contribution in [2.45, 2.75) is 44.7 Å². The van der Waals surface area contributed by atoms with Crippen LogP contribution in [-0.4, -0.2) is 54.2 Å². The van der Waals surface area contributed by atoms with Gasteiger partial charge in [0.25, 0.3) is 0 Å². The number of piperidine rings is 1. The summed E-state index contributed by atoms with van der Waals surface area (Å²) >= 11 is 0. The minimum absolute atomic E-state index is 0.729. The molecule has 1 aliphatic rings. The number of nitrogens with zero attached hydrogens (tertiary/aromatic N) is 1. The molecule has 0 radical (unpaired) electrons. The van der Waals surface area contributed by atoms with Crippen LogP contribution in [0.25, 0.3) is 0 Å². The first-order valence-corrected chi connectivity index (χ1v) is 8.50. The topological polar surface area (TPSA) is 30.9 Å². The zero-order valence-electron chi connectivity index (χ0n) is 11.7. The minimum atomic E-state index is -2.35. The first-order chi connectivity index (χ1) is 8.17. The Kier molecular flexibility index (Phi) is 6.65. The number of rotatable bonds is 7. The summed E-state index contributed by atoms with van der Waals surface area (Å²) in [6, 6.07) is 1.63. The molecule has 5 heteroatoms. The third-order valence-corrected chi connectivity index (χ3v) is 6.63. The number of hydrogen-bond acceptors (Lipinski definition) is 4. The Morgan fingerprint density at radius 1 is 1.12 bits per heavy atom. The maximum Gasteiger partial charge on any atom is 0.500 e. The molecular formula is C12H27NO3Si. The lowest BCUT2D eigenvalue weighted by Gasteiger charge is -2.34. The molecule has 0 aromatic heterocycles. The van der Waals surface area contributed by atoms with Gasteiger partial charge in [0.05, 0.1) is 0 Å². The number of likely N-dealkylation sites (tertiary alicyclic amines) is 1. The van der Waals surface area contributed by atoms with Gasteiger partial charge >= 0.3 is 8.80 Å². The fourth-order valence-electron chi connectivity index (χ4n) is 2.54. The maximum atomic E-state index is 5.43. The summed E-state index contributed by atoms with van der Waals surface area (Å²) in [6.45, 7) is 4.70. The summed E-state index contributed by atoms with van der Waals surface area (Å²) in [5, 5.41) is 0. The second kappa shape index (κ2) is 7.48. The van der Waals surface area contributed by atoms with E-state index in [1.54, 1.807) is 21.3 Å². The Hall–Kier alpha value is 0.0569. The molecule has 1 rings (SSSR count). The summed E-state index contributed by atoms with van der Waals surface area (Å²) < 4.78 is 16.3. The van der Waals surface area contributed by atoms with E-state index in [9.17, 15) is 0 Å². The molecule has 0 bridgehead atoms. The zero-order valence-corrected chi connectivity index (χ0v) is 12.7. The van der Waals surface area contributed by atoms with Gasteiger partial charge in [-0.15, -0.1) is 0 Å². The van der Waals surface area contributed by atoms with Crippen LogP contribution in [0.3, 0.4) is 0 Å². The van der Waals surface area contributed by atoms with Gasteiger partial charge in [-0.05, 0) is 39.3 Å². The van der Waals surface area contributed by atoms with Crippen LogP contribution in [-0.2, 0) is 13.3 Å². The standard InChI is InChI=1S/C12H27NO3Si/c1-12-8-5-6-9-13(12)10-7-11-17(14-2,15-3)16-4/h12H,5-11H2,1-4H3. The Morgan fingerprint density at radius 2 is 1.76 bits per heavy atom. The van der Waals surface area contributed by atoms with Gasteiger partial charge in [-0.2, -0.15) is 0 Å². The van der Waals surface area contributed by atoms with E-state index in [4.69, 9.17) is 13.3 Å². The molecule has 17 heavy (non-hydrogen) atoms. The van der Waals surface area contributed by atoms with Crippen molar-refractivity contribution in [2.24, 2.45) is 0 Å². The fraction of sp³-hybridized carbons (Fsp3) is 1.00. The van der Waals surface area contributed by atoms with Crippen LogP contribution in [0.4, 0.5) is 0 Å². The molecule has 1 heterocycles. The number of hydrogen-bond donors (Lipinski definition) is 0. The zero-order chi connectivity index (χ0) is 12.7. The maximum absolute atomic E-state index is 5.43. The molecule has 1 saturated heterocycles. The lowest BCUT2D eigenvalue weighted by Crippen LogP contribution is -2.44. The van der Waals surface area contributed by atoms with E-state index in [0.717, 1.165) is 25.1 Å². The second-order valence-electron chi connectivity index (χ2n) is 4.78. The van der Waals surface area contributed by atoms with Gasteiger partial charge in [-0.3, -0.25) is 0 Å². The van der Waals surface area contributed by atoms with Crippen molar-refractivity contribution < 1.29 is 13.3 Å². The minimum Gasteiger partial charge on any atom is -0.377 e. The molecule has 1 atom stereocenters. The van der Waals surface area contributed by atoms with Crippen molar-refractivity contribution in [3.05, 3.63) is 0 Å². The average molecular weight is 261 g/mol. The molecule has 0 aromatic rings. The molecular weight excluding hydrogens is 234 g/mol. The molecule has 0 amide bonds. The van der Waals surface area contributed by atoms with Gasteiger partial charge in [0.15, 0.2) is 0 Å². The molecule has 1 fully saturated rings. The molecule has 1 unspecified atom stereocenters. The van der Waals surface area contributed by atoms with Crippen LogP contribution in [0.2, 0.25) is 6.04 Å². The van der Waals surface area contributed by atoms with Crippen molar-refractivity contribution >= 4 is 8.80 Å². The lowest BCUT2D eigenvalue weighted by atomic mass is 10.0. The first-order valence-electron chi connectivity index (χ1n) is 6.57. The SMILES string of the molecule is CO[Si](CCCN1CCCCC1C)(OC)OC. The van der Waals surface area contributed by atoms with Crippen molar-refractivity contribution in [1.82, 2.24) is 4.90 Å². The van der Waals surface area contributed by atoms with Gasteiger partial charge in [0.1, 0.15) is 0 Å². The molecule has 0 saturated carbocycles. The molecule has 102 valence electrons. The summed E-state index contributed by atoms with van der Waals surface area (Å²) in [4.78, 5) is 2.57. The smallest absolute Gasteiger partial charge is 0.377 e. The van der Waals surface area contributed by atoms with Crippen LogP contribution < -0.4 is 0 Å². The van der Waals surface area contributed by atoms with E-state index >= 15 is 0 Å². The third-order valence-electron chi connectivity index (χ3n) is 3.80. The second-order valence-corrected chi connectivity index (χ2v) is 7.87. The summed E-state index contributed by atoms with van der Waals surface area (Å²) in [5.41, 5.74) is 0. The van der Waals surface area contributed by atoms with E-state index in [0.29, 0.717) is 0 Å². The van der Waals surface area contributed by atoms with Crippen LogP contribution in [0, 0.1) is 0 Å². The third kappa shape index (κ3) is 4.33. The van der Waals surface area contributed by atoms with E-state index in [2.05, 4.69) is 11.8 Å². The van der Waals surface area contributed by atoms with E-state index in [-0.39, 0.29) is 0 Å². The monoisotopic (exact) mass is 261 g/mol. The predicted octanol–water partition coefficient (Wildman–Crippen LogP) is 2.13. The lowest BCUT2D eigenvalue weighted by molar-refractivity contribution is 0.117. The van der Waals surface area contributed by atoms with Crippen LogP contribution in [0.15, 0.2) is 0 Å². The molecule has 1 aliphatic heterocycles. The van der Waals surface area contributed by atoms with Crippen LogP contribution >= 0.6 is 0 Å². The highest BCUT2D eigenvalue weighted by molar-refractivity contribution is 6.60. The predicted molar refractivity (Wildman–Crippen MR) is 71.1 cm³/mol. The molecule has 0 aromatic carbocycles. The van der Waals surface area contributed by atoms with E-state index < -0.39 is 8.80 Å². The van der Waals surface area contributed by atoms with Gasteiger partial charge in [-0.1, -0.05) is 6.42 Å². The summed E-state index contributed by atoms with van der Waals surface area (Å²) in [7, 11) is 2.70. The molecule has 0 N–H and O–H groups in total. The molecule has 0 aliphatic carbocycles. The Balaban J connectivity index is 2.30. The van der Waals surface area contributed by atoms with Crippen LogP contribution in [0.5, 0.6) is 0 Å². The van der Waals surface area contributed by atoms with Gasteiger partial charge in [0, 0.05) is 33.4 Å². The molecule has 0 spiro atoms. The Morgan fingerprint density at radius 3 is 2.29 bits per heavy atom. The molecule has 4 nitrogen and oxygen atoms in total. The summed E-state index contributed by atoms with van der Waals surface area (Å²) in [5.74, 6) is 0. The Bertz CT molecular complexity index is 204. The van der Waals surface area contributed by atoms with Crippen molar-refractivity contribution in [1.29, 1.82) is 0 Å². The van der Waals surface area contributed by atoms with E-state index in [1.807, 2.05) is 0 Å². The average Bonchev–Trinajstić information content (AvgIpc) is 2.37.